The molecule has 2 aromatic rings. The second kappa shape index (κ2) is 4.50. The maximum Gasteiger partial charge on any atom is 0.132 e. The maximum absolute atomic E-state index is 11.5. The molecule has 2 nitrogen and oxygen atoms in total. The van der Waals surface area contributed by atoms with Crippen molar-refractivity contribution in [3.63, 3.8) is 0 Å². The molecule has 0 spiro atoms. The van der Waals surface area contributed by atoms with Crippen molar-refractivity contribution in [2.75, 3.05) is 7.11 Å². The number of hydrogen-bond acceptors (Lipinski definition) is 3. The fourth-order valence-electron chi connectivity index (χ4n) is 2.34. The summed E-state index contributed by atoms with van der Waals surface area (Å²) in [5.41, 5.74) is 2.05. The van der Waals surface area contributed by atoms with Crippen LogP contribution in [0.25, 0.3) is 0 Å². The molecular weight excluding hydrogens is 244 g/mol. The van der Waals surface area contributed by atoms with E-state index in [-0.39, 0.29) is 5.92 Å². The van der Waals surface area contributed by atoms with Crippen molar-refractivity contribution in [1.82, 2.24) is 0 Å². The van der Waals surface area contributed by atoms with Gasteiger partial charge in [-0.3, -0.25) is 0 Å². The molecular formula is C15H12O2S. The zero-order chi connectivity index (χ0) is 12.5. The van der Waals surface area contributed by atoms with Gasteiger partial charge in [0, 0.05) is 15.4 Å². The average molecular weight is 256 g/mol. The number of carbonyl (C=O) groups is 1. The molecule has 1 aliphatic heterocycles. The first-order valence-electron chi connectivity index (χ1n) is 5.74. The molecule has 1 heterocycles. The highest BCUT2D eigenvalue weighted by Crippen LogP contribution is 2.48. The first kappa shape index (κ1) is 11.4. The van der Waals surface area contributed by atoms with Gasteiger partial charge in [-0.05, 0) is 23.8 Å². The topological polar surface area (TPSA) is 26.3 Å². The average Bonchev–Trinajstić information content (AvgIpc) is 2.44. The maximum atomic E-state index is 11.5. The van der Waals surface area contributed by atoms with Gasteiger partial charge in [-0.1, -0.05) is 36.0 Å². The Balaban J connectivity index is 2.24. The van der Waals surface area contributed by atoms with E-state index in [0.717, 1.165) is 33.0 Å². The molecule has 3 heteroatoms. The summed E-state index contributed by atoms with van der Waals surface area (Å²) in [5, 5.41) is 0. The fraction of sp³-hybridized carbons (Fsp3) is 0.133. The van der Waals surface area contributed by atoms with Crippen LogP contribution in [0.2, 0.25) is 0 Å². The van der Waals surface area contributed by atoms with Crippen molar-refractivity contribution in [1.29, 1.82) is 0 Å². The van der Waals surface area contributed by atoms with Gasteiger partial charge in [-0.25, -0.2) is 0 Å². The van der Waals surface area contributed by atoms with Crippen LogP contribution < -0.4 is 4.74 Å². The van der Waals surface area contributed by atoms with E-state index in [0.29, 0.717) is 0 Å². The number of benzene rings is 2. The minimum absolute atomic E-state index is 0.228. The van der Waals surface area contributed by atoms with E-state index >= 15 is 0 Å². The Morgan fingerprint density at radius 3 is 2.67 bits per heavy atom. The number of rotatable bonds is 2. The largest absolute Gasteiger partial charge is 0.496 e. The Morgan fingerprint density at radius 2 is 1.89 bits per heavy atom. The molecule has 0 amide bonds. The Bertz CT molecular complexity index is 607. The van der Waals surface area contributed by atoms with Crippen LogP contribution >= 0.6 is 11.8 Å². The number of methoxy groups -OCH3 is 1. The molecule has 1 aliphatic rings. The Labute approximate surface area is 110 Å². The normalized spacial score (nSPS) is 16.6. The standard InChI is InChI=1S/C15H12O2S/c1-17-12-6-4-8-14-15(12)11(9-16)10-5-2-3-7-13(10)18-14/h2-9,11H,1H3. The van der Waals surface area contributed by atoms with E-state index in [9.17, 15) is 4.79 Å². The lowest BCUT2D eigenvalue weighted by Gasteiger charge is -2.25. The monoisotopic (exact) mass is 256 g/mol. The molecule has 18 heavy (non-hydrogen) atoms. The van der Waals surface area contributed by atoms with Gasteiger partial charge in [0.2, 0.25) is 0 Å². The predicted octanol–water partition coefficient (Wildman–Crippen LogP) is 3.49. The first-order chi connectivity index (χ1) is 8.85. The SMILES string of the molecule is COc1cccc2c1C(C=O)c1ccccc1S2. The van der Waals surface area contributed by atoms with Gasteiger partial charge >= 0.3 is 0 Å². The van der Waals surface area contributed by atoms with Crippen molar-refractivity contribution in [2.45, 2.75) is 15.7 Å². The van der Waals surface area contributed by atoms with Crippen molar-refractivity contribution in [2.24, 2.45) is 0 Å². The van der Waals surface area contributed by atoms with Gasteiger partial charge in [-0.15, -0.1) is 0 Å². The Hall–Kier alpha value is -1.74. The highest BCUT2D eigenvalue weighted by molar-refractivity contribution is 7.99. The van der Waals surface area contributed by atoms with Crippen LogP contribution in [-0.4, -0.2) is 13.4 Å². The van der Waals surface area contributed by atoms with Gasteiger partial charge in [-0.2, -0.15) is 0 Å². The van der Waals surface area contributed by atoms with E-state index in [1.54, 1.807) is 18.9 Å². The van der Waals surface area contributed by atoms with Crippen LogP contribution in [0, 0.1) is 0 Å². The Morgan fingerprint density at radius 1 is 1.11 bits per heavy atom. The summed E-state index contributed by atoms with van der Waals surface area (Å²) < 4.78 is 5.39. The van der Waals surface area contributed by atoms with Crippen LogP contribution in [0.3, 0.4) is 0 Å². The van der Waals surface area contributed by atoms with Crippen molar-refractivity contribution in [3.8, 4) is 5.75 Å². The van der Waals surface area contributed by atoms with E-state index in [1.165, 1.54) is 0 Å². The summed E-state index contributed by atoms with van der Waals surface area (Å²) in [5.74, 6) is 0.556. The van der Waals surface area contributed by atoms with Crippen LogP contribution in [0.5, 0.6) is 5.75 Å². The quantitative estimate of drug-likeness (QED) is 0.769. The number of hydrogen-bond donors (Lipinski definition) is 0. The van der Waals surface area contributed by atoms with E-state index in [1.807, 2.05) is 36.4 Å². The van der Waals surface area contributed by atoms with Gasteiger partial charge in [0.15, 0.2) is 0 Å². The van der Waals surface area contributed by atoms with Crippen molar-refractivity contribution < 1.29 is 9.53 Å². The molecule has 0 bridgehead atoms. The molecule has 90 valence electrons. The van der Waals surface area contributed by atoms with Gasteiger partial charge in [0.05, 0.1) is 13.0 Å². The van der Waals surface area contributed by atoms with Crippen LogP contribution in [0.4, 0.5) is 0 Å². The first-order valence-corrected chi connectivity index (χ1v) is 6.55. The second-order valence-electron chi connectivity index (χ2n) is 4.13. The third kappa shape index (κ3) is 1.63. The third-order valence-corrected chi connectivity index (χ3v) is 4.33. The summed E-state index contributed by atoms with van der Waals surface area (Å²) in [6, 6.07) is 13.9. The predicted molar refractivity (Wildman–Crippen MR) is 71.5 cm³/mol. The van der Waals surface area contributed by atoms with Gasteiger partial charge in [0.1, 0.15) is 12.0 Å². The molecule has 0 saturated heterocycles. The molecule has 0 fully saturated rings. The lowest BCUT2D eigenvalue weighted by atomic mass is 9.91. The number of aldehydes is 1. The van der Waals surface area contributed by atoms with E-state index in [2.05, 4.69) is 6.07 Å². The lowest BCUT2D eigenvalue weighted by molar-refractivity contribution is -0.108. The summed E-state index contributed by atoms with van der Waals surface area (Å²) in [7, 11) is 1.64. The highest BCUT2D eigenvalue weighted by Gasteiger charge is 2.28. The second-order valence-corrected chi connectivity index (χ2v) is 5.21. The van der Waals surface area contributed by atoms with Gasteiger partial charge < -0.3 is 9.53 Å². The fourth-order valence-corrected chi connectivity index (χ4v) is 3.52. The highest BCUT2D eigenvalue weighted by atomic mass is 32.2. The summed E-state index contributed by atoms with van der Waals surface area (Å²) in [4.78, 5) is 13.7. The third-order valence-electron chi connectivity index (χ3n) is 3.17. The summed E-state index contributed by atoms with van der Waals surface area (Å²) >= 11 is 1.69. The molecule has 3 rings (SSSR count). The number of ether oxygens (including phenoxy) is 1. The number of fused-ring (bicyclic) bond motifs is 2. The van der Waals surface area contributed by atoms with Crippen LogP contribution in [-0.2, 0) is 4.79 Å². The Kier molecular flexibility index (Phi) is 2.84. The zero-order valence-corrected chi connectivity index (χ0v) is 10.7. The van der Waals surface area contributed by atoms with Crippen molar-refractivity contribution >= 4 is 18.0 Å². The molecule has 1 atom stereocenters. The van der Waals surface area contributed by atoms with Crippen LogP contribution in [0.15, 0.2) is 52.3 Å². The molecule has 0 radical (unpaired) electrons. The summed E-state index contributed by atoms with van der Waals surface area (Å²) in [6.07, 6.45) is 1.000. The minimum atomic E-state index is -0.228. The smallest absolute Gasteiger partial charge is 0.132 e. The summed E-state index contributed by atoms with van der Waals surface area (Å²) in [6.45, 7) is 0. The van der Waals surface area contributed by atoms with Gasteiger partial charge in [0.25, 0.3) is 0 Å². The van der Waals surface area contributed by atoms with Crippen LogP contribution in [0.1, 0.15) is 17.0 Å². The molecule has 2 aromatic carbocycles. The van der Waals surface area contributed by atoms with Crippen molar-refractivity contribution in [3.05, 3.63) is 53.6 Å². The number of carbonyl (C=O) groups excluding carboxylic acids is 1. The molecule has 0 aliphatic carbocycles. The zero-order valence-electron chi connectivity index (χ0n) is 9.92. The van der Waals surface area contributed by atoms with E-state index < -0.39 is 0 Å². The lowest BCUT2D eigenvalue weighted by Crippen LogP contribution is -2.11. The molecule has 0 saturated carbocycles. The minimum Gasteiger partial charge on any atom is -0.496 e. The molecule has 1 unspecified atom stereocenters. The molecule has 0 aromatic heterocycles. The molecule has 0 N–H and O–H groups in total. The van der Waals surface area contributed by atoms with E-state index in [4.69, 9.17) is 4.74 Å².